The Morgan fingerprint density at radius 2 is 2.00 bits per heavy atom. The van der Waals surface area contributed by atoms with E-state index in [0.717, 1.165) is 5.57 Å². The number of ether oxygens (including phenoxy) is 1. The molecule has 1 saturated carbocycles. The summed E-state index contributed by atoms with van der Waals surface area (Å²) >= 11 is 0. The van der Waals surface area contributed by atoms with E-state index in [9.17, 15) is 0 Å². The summed E-state index contributed by atoms with van der Waals surface area (Å²) in [7, 11) is 0. The van der Waals surface area contributed by atoms with Crippen LogP contribution >= 0.6 is 0 Å². The smallest absolute Gasteiger partial charge is 0.108 e. The van der Waals surface area contributed by atoms with Gasteiger partial charge in [0.1, 0.15) is 6.61 Å². The van der Waals surface area contributed by atoms with Gasteiger partial charge < -0.3 is 4.74 Å². The minimum Gasteiger partial charge on any atom is -0.494 e. The van der Waals surface area contributed by atoms with Crippen LogP contribution < -0.4 is 0 Å². The summed E-state index contributed by atoms with van der Waals surface area (Å²) in [5, 5.41) is 0. The Bertz CT molecular complexity index is 209. The van der Waals surface area contributed by atoms with E-state index in [0.29, 0.717) is 12.5 Å². The Morgan fingerprint density at radius 1 is 1.36 bits per heavy atom. The number of hydrogen-bond donors (Lipinski definition) is 0. The lowest BCUT2D eigenvalue weighted by molar-refractivity contribution is 0.179. The minimum atomic E-state index is 0.674. The molecule has 0 saturated heterocycles. The third-order valence-corrected chi connectivity index (χ3v) is 2.78. The molecular formula is C13H22O. The van der Waals surface area contributed by atoms with E-state index >= 15 is 0 Å². The van der Waals surface area contributed by atoms with Crippen LogP contribution in [0.5, 0.6) is 0 Å². The van der Waals surface area contributed by atoms with Crippen molar-refractivity contribution in [1.29, 1.82) is 0 Å². The largest absolute Gasteiger partial charge is 0.494 e. The Hall–Kier alpha value is -0.720. The number of allylic oxidation sites excluding steroid dienone is 2. The predicted molar refractivity (Wildman–Crippen MR) is 61.1 cm³/mol. The lowest BCUT2D eigenvalue weighted by Gasteiger charge is -2.24. The Kier molecular flexibility index (Phi) is 4.78. The molecule has 1 fully saturated rings. The monoisotopic (exact) mass is 194 g/mol. The van der Waals surface area contributed by atoms with Crippen LogP contribution in [-0.4, -0.2) is 6.61 Å². The molecule has 1 nitrogen and oxygen atoms in total. The lowest BCUT2D eigenvalue weighted by atomic mass is 9.87. The summed E-state index contributed by atoms with van der Waals surface area (Å²) in [6, 6.07) is 0. The van der Waals surface area contributed by atoms with Gasteiger partial charge >= 0.3 is 0 Å². The topological polar surface area (TPSA) is 9.23 Å². The van der Waals surface area contributed by atoms with Crippen molar-refractivity contribution in [1.82, 2.24) is 0 Å². The van der Waals surface area contributed by atoms with Gasteiger partial charge in [0, 0.05) is 5.92 Å². The lowest BCUT2D eigenvalue weighted by Crippen LogP contribution is -2.12. The fraction of sp³-hybridized carbons (Fsp3) is 0.692. The van der Waals surface area contributed by atoms with Gasteiger partial charge in [0.15, 0.2) is 0 Å². The van der Waals surface area contributed by atoms with Crippen LogP contribution in [0.3, 0.4) is 0 Å². The Morgan fingerprint density at radius 3 is 2.50 bits per heavy atom. The van der Waals surface area contributed by atoms with Crippen LogP contribution in [0.4, 0.5) is 0 Å². The van der Waals surface area contributed by atoms with Crippen molar-refractivity contribution >= 4 is 0 Å². The van der Waals surface area contributed by atoms with Crippen molar-refractivity contribution in [3.05, 3.63) is 24.0 Å². The molecular weight excluding hydrogens is 172 g/mol. The van der Waals surface area contributed by atoms with Crippen molar-refractivity contribution in [3.63, 3.8) is 0 Å². The van der Waals surface area contributed by atoms with Gasteiger partial charge in [-0.25, -0.2) is 0 Å². The molecule has 1 aliphatic carbocycles. The average molecular weight is 194 g/mol. The van der Waals surface area contributed by atoms with Gasteiger partial charge in [0.2, 0.25) is 0 Å². The molecule has 0 N–H and O–H groups in total. The zero-order chi connectivity index (χ0) is 10.4. The normalized spacial score (nSPS) is 19.4. The Balaban J connectivity index is 2.40. The van der Waals surface area contributed by atoms with Crippen molar-refractivity contribution in [2.24, 2.45) is 5.92 Å². The SMILES string of the molecule is C=C(C)CO/C(=C\C)C1CCCCC1. The van der Waals surface area contributed by atoms with Crippen LogP contribution in [0.1, 0.15) is 46.0 Å². The Labute approximate surface area is 87.8 Å². The van der Waals surface area contributed by atoms with Crippen LogP contribution in [-0.2, 0) is 4.74 Å². The van der Waals surface area contributed by atoms with Crippen LogP contribution in [0, 0.1) is 5.92 Å². The summed E-state index contributed by atoms with van der Waals surface area (Å²) in [5.41, 5.74) is 1.10. The molecule has 0 aromatic carbocycles. The summed E-state index contributed by atoms with van der Waals surface area (Å²) < 4.78 is 5.75. The molecule has 1 rings (SSSR count). The van der Waals surface area contributed by atoms with E-state index in [1.54, 1.807) is 0 Å². The summed E-state index contributed by atoms with van der Waals surface area (Å²) in [6.45, 7) is 8.61. The number of rotatable bonds is 4. The molecule has 0 bridgehead atoms. The van der Waals surface area contributed by atoms with E-state index < -0.39 is 0 Å². The highest BCUT2D eigenvalue weighted by Crippen LogP contribution is 2.30. The molecule has 0 radical (unpaired) electrons. The van der Waals surface area contributed by atoms with Crippen molar-refractivity contribution < 1.29 is 4.74 Å². The second-order valence-corrected chi connectivity index (χ2v) is 4.27. The molecule has 80 valence electrons. The second kappa shape index (κ2) is 5.90. The maximum Gasteiger partial charge on any atom is 0.108 e. The van der Waals surface area contributed by atoms with Gasteiger partial charge in [-0.3, -0.25) is 0 Å². The molecule has 1 heteroatoms. The molecule has 0 atom stereocenters. The fourth-order valence-electron chi connectivity index (χ4n) is 2.03. The van der Waals surface area contributed by atoms with E-state index in [1.165, 1.54) is 37.9 Å². The van der Waals surface area contributed by atoms with Gasteiger partial charge in [-0.2, -0.15) is 0 Å². The average Bonchev–Trinajstić information content (AvgIpc) is 2.20. The molecule has 1 aliphatic rings. The maximum atomic E-state index is 5.75. The highest BCUT2D eigenvalue weighted by Gasteiger charge is 2.18. The van der Waals surface area contributed by atoms with Gasteiger partial charge in [0.25, 0.3) is 0 Å². The molecule has 14 heavy (non-hydrogen) atoms. The predicted octanol–water partition coefficient (Wildman–Crippen LogP) is 4.06. The third-order valence-electron chi connectivity index (χ3n) is 2.78. The first-order valence-electron chi connectivity index (χ1n) is 5.67. The first-order valence-corrected chi connectivity index (χ1v) is 5.67. The minimum absolute atomic E-state index is 0.674. The standard InChI is InChI=1S/C13H22O/c1-4-13(14-10-11(2)3)12-8-6-5-7-9-12/h4,12H,2,5-10H2,1,3H3/b13-4-. The molecule has 0 aliphatic heterocycles. The van der Waals surface area contributed by atoms with Crippen LogP contribution in [0.2, 0.25) is 0 Å². The van der Waals surface area contributed by atoms with E-state index in [-0.39, 0.29) is 0 Å². The first kappa shape index (κ1) is 11.4. The van der Waals surface area contributed by atoms with E-state index in [4.69, 9.17) is 4.74 Å². The van der Waals surface area contributed by atoms with E-state index in [1.807, 2.05) is 6.92 Å². The van der Waals surface area contributed by atoms with Gasteiger partial charge in [-0.05, 0) is 38.3 Å². The number of hydrogen-bond acceptors (Lipinski definition) is 1. The maximum absolute atomic E-state index is 5.75. The molecule has 0 amide bonds. The van der Waals surface area contributed by atoms with Crippen molar-refractivity contribution in [3.8, 4) is 0 Å². The quantitative estimate of drug-likeness (QED) is 0.484. The zero-order valence-electron chi connectivity index (χ0n) is 9.51. The van der Waals surface area contributed by atoms with Crippen LogP contribution in [0.15, 0.2) is 24.0 Å². The molecule has 0 unspecified atom stereocenters. The fourth-order valence-corrected chi connectivity index (χ4v) is 2.03. The first-order chi connectivity index (χ1) is 6.74. The van der Waals surface area contributed by atoms with Gasteiger partial charge in [-0.15, -0.1) is 0 Å². The summed E-state index contributed by atoms with van der Waals surface area (Å²) in [4.78, 5) is 0. The van der Waals surface area contributed by atoms with Crippen LogP contribution in [0.25, 0.3) is 0 Å². The molecule has 0 spiro atoms. The second-order valence-electron chi connectivity index (χ2n) is 4.27. The highest BCUT2D eigenvalue weighted by atomic mass is 16.5. The zero-order valence-corrected chi connectivity index (χ0v) is 9.51. The van der Waals surface area contributed by atoms with Gasteiger partial charge in [0.05, 0.1) is 5.76 Å². The van der Waals surface area contributed by atoms with Crippen molar-refractivity contribution in [2.45, 2.75) is 46.0 Å². The van der Waals surface area contributed by atoms with Crippen molar-refractivity contribution in [2.75, 3.05) is 6.61 Å². The molecule has 0 aromatic heterocycles. The third kappa shape index (κ3) is 3.57. The molecule has 0 aromatic rings. The summed E-state index contributed by atoms with van der Waals surface area (Å²) in [5.74, 6) is 1.86. The summed E-state index contributed by atoms with van der Waals surface area (Å²) in [6.07, 6.45) is 8.84. The highest BCUT2D eigenvalue weighted by molar-refractivity contribution is 5.00. The van der Waals surface area contributed by atoms with E-state index in [2.05, 4.69) is 19.6 Å². The van der Waals surface area contributed by atoms with Gasteiger partial charge in [-0.1, -0.05) is 25.8 Å². The molecule has 0 heterocycles.